The van der Waals surface area contributed by atoms with Gasteiger partial charge in [0.2, 0.25) is 0 Å². The lowest BCUT2D eigenvalue weighted by Crippen LogP contribution is -2.34. The third-order valence-corrected chi connectivity index (χ3v) is 2.58. The Morgan fingerprint density at radius 1 is 1.18 bits per heavy atom. The number of halogens is 3. The zero-order valence-corrected chi connectivity index (χ0v) is 12.6. The first-order chi connectivity index (χ1) is 7.73. The van der Waals surface area contributed by atoms with Crippen LogP contribution in [0.2, 0.25) is 0 Å². The summed E-state index contributed by atoms with van der Waals surface area (Å²) < 4.78 is -1.89. The van der Waals surface area contributed by atoms with Crippen LogP contribution in [0.4, 0.5) is 0 Å². The van der Waals surface area contributed by atoms with Crippen LogP contribution in [0.3, 0.4) is 0 Å². The minimum atomic E-state index is -1.89. The van der Waals surface area contributed by atoms with Gasteiger partial charge in [-0.3, -0.25) is 4.79 Å². The summed E-state index contributed by atoms with van der Waals surface area (Å²) in [6, 6.07) is 0. The molecule has 0 heterocycles. The standard InChI is InChI=1S/C12H18Cl3NO/c1-9(2)5-4-6-10(3)7-8-16-11(17)12(13,14)15/h5,7H,4,6,8H2,1-3H3,(H,16,17)/b10-7+. The van der Waals surface area contributed by atoms with Gasteiger partial charge < -0.3 is 5.32 Å². The highest BCUT2D eigenvalue weighted by Gasteiger charge is 2.29. The summed E-state index contributed by atoms with van der Waals surface area (Å²) in [5.41, 5.74) is 2.51. The van der Waals surface area contributed by atoms with Gasteiger partial charge in [-0.15, -0.1) is 0 Å². The fourth-order valence-corrected chi connectivity index (χ4v) is 1.31. The molecule has 5 heteroatoms. The molecule has 0 aliphatic carbocycles. The fourth-order valence-electron chi connectivity index (χ4n) is 1.11. The molecule has 0 saturated heterocycles. The van der Waals surface area contributed by atoms with Gasteiger partial charge in [-0.2, -0.15) is 0 Å². The van der Waals surface area contributed by atoms with Crippen molar-refractivity contribution in [1.82, 2.24) is 5.32 Å². The van der Waals surface area contributed by atoms with Crippen molar-refractivity contribution < 1.29 is 4.79 Å². The van der Waals surface area contributed by atoms with Crippen molar-refractivity contribution in [2.45, 2.75) is 37.4 Å². The SMILES string of the molecule is CC(C)=CCC/C(C)=C/CNC(=O)C(Cl)(Cl)Cl. The van der Waals surface area contributed by atoms with Gasteiger partial charge in [0.05, 0.1) is 0 Å². The third kappa shape index (κ3) is 9.51. The van der Waals surface area contributed by atoms with Crippen LogP contribution in [0.15, 0.2) is 23.3 Å². The van der Waals surface area contributed by atoms with Gasteiger partial charge in [-0.1, -0.05) is 58.1 Å². The Bertz CT molecular complexity index is 312. The first-order valence-electron chi connectivity index (χ1n) is 5.37. The number of carbonyl (C=O) groups is 1. The average molecular weight is 299 g/mol. The number of allylic oxidation sites excluding steroid dienone is 3. The highest BCUT2D eigenvalue weighted by Crippen LogP contribution is 2.25. The Hall–Kier alpha value is -0.180. The van der Waals surface area contributed by atoms with E-state index in [1.165, 1.54) is 11.1 Å². The molecule has 0 aromatic heterocycles. The Balaban J connectivity index is 3.93. The number of amides is 1. The van der Waals surface area contributed by atoms with Crippen LogP contribution in [-0.4, -0.2) is 16.2 Å². The van der Waals surface area contributed by atoms with Crippen LogP contribution < -0.4 is 5.32 Å². The lowest BCUT2D eigenvalue weighted by atomic mass is 10.1. The van der Waals surface area contributed by atoms with Gasteiger partial charge in [-0.25, -0.2) is 0 Å². The fraction of sp³-hybridized carbons (Fsp3) is 0.583. The highest BCUT2D eigenvalue weighted by molar-refractivity contribution is 6.76. The number of hydrogen-bond acceptors (Lipinski definition) is 1. The van der Waals surface area contributed by atoms with Crippen LogP contribution in [0.25, 0.3) is 0 Å². The van der Waals surface area contributed by atoms with Crippen molar-refractivity contribution in [1.29, 1.82) is 0 Å². The summed E-state index contributed by atoms with van der Waals surface area (Å²) in [7, 11) is 0. The monoisotopic (exact) mass is 297 g/mol. The van der Waals surface area contributed by atoms with E-state index in [1.54, 1.807) is 0 Å². The number of alkyl halides is 3. The van der Waals surface area contributed by atoms with Crippen molar-refractivity contribution >= 4 is 40.7 Å². The van der Waals surface area contributed by atoms with Gasteiger partial charge >= 0.3 is 0 Å². The Morgan fingerprint density at radius 3 is 2.24 bits per heavy atom. The number of rotatable bonds is 5. The van der Waals surface area contributed by atoms with Crippen molar-refractivity contribution in [3.8, 4) is 0 Å². The normalized spacial score (nSPS) is 12.2. The van der Waals surface area contributed by atoms with E-state index in [1.807, 2.05) is 13.0 Å². The predicted molar refractivity (Wildman–Crippen MR) is 75.7 cm³/mol. The maximum absolute atomic E-state index is 11.2. The van der Waals surface area contributed by atoms with E-state index in [9.17, 15) is 4.79 Å². The molecule has 0 aliphatic heterocycles. The summed E-state index contributed by atoms with van der Waals surface area (Å²) in [5, 5.41) is 2.53. The van der Waals surface area contributed by atoms with Gasteiger partial charge in [0, 0.05) is 6.54 Å². The minimum Gasteiger partial charge on any atom is -0.349 e. The maximum atomic E-state index is 11.2. The van der Waals surface area contributed by atoms with E-state index >= 15 is 0 Å². The zero-order valence-electron chi connectivity index (χ0n) is 10.3. The van der Waals surface area contributed by atoms with Crippen LogP contribution in [-0.2, 0) is 4.79 Å². The molecule has 0 fully saturated rings. The van der Waals surface area contributed by atoms with E-state index in [2.05, 4.69) is 25.2 Å². The van der Waals surface area contributed by atoms with E-state index in [-0.39, 0.29) is 0 Å². The largest absolute Gasteiger partial charge is 0.349 e. The second-order valence-corrected chi connectivity index (χ2v) is 6.36. The van der Waals surface area contributed by atoms with E-state index in [0.717, 1.165) is 12.8 Å². The number of carbonyl (C=O) groups excluding carboxylic acids is 1. The molecular weight excluding hydrogens is 280 g/mol. The summed E-state index contributed by atoms with van der Waals surface area (Å²) in [4.78, 5) is 11.2. The first-order valence-corrected chi connectivity index (χ1v) is 6.51. The van der Waals surface area contributed by atoms with E-state index in [0.29, 0.717) is 6.54 Å². The van der Waals surface area contributed by atoms with Crippen molar-refractivity contribution in [3.05, 3.63) is 23.3 Å². The maximum Gasteiger partial charge on any atom is 0.272 e. The molecule has 1 N–H and O–H groups in total. The van der Waals surface area contributed by atoms with Crippen LogP contribution in [0.1, 0.15) is 33.6 Å². The first kappa shape index (κ1) is 16.8. The van der Waals surface area contributed by atoms with Gasteiger partial charge in [-0.05, 0) is 33.6 Å². The predicted octanol–water partition coefficient (Wildman–Crippen LogP) is 4.17. The Kier molecular flexibility index (Phi) is 7.93. The molecule has 98 valence electrons. The molecule has 17 heavy (non-hydrogen) atoms. The molecule has 2 nitrogen and oxygen atoms in total. The molecule has 1 amide bonds. The molecule has 0 saturated carbocycles. The number of hydrogen-bond donors (Lipinski definition) is 1. The van der Waals surface area contributed by atoms with Gasteiger partial charge in [0.1, 0.15) is 0 Å². The van der Waals surface area contributed by atoms with Crippen molar-refractivity contribution in [2.75, 3.05) is 6.54 Å². The number of nitrogens with one attached hydrogen (secondary N) is 1. The third-order valence-electron chi connectivity index (χ3n) is 2.06. The molecule has 0 radical (unpaired) electrons. The highest BCUT2D eigenvalue weighted by atomic mass is 35.6. The van der Waals surface area contributed by atoms with Crippen molar-refractivity contribution in [2.24, 2.45) is 0 Å². The van der Waals surface area contributed by atoms with E-state index < -0.39 is 9.70 Å². The molecule has 0 spiro atoms. The van der Waals surface area contributed by atoms with Gasteiger partial charge in [0.25, 0.3) is 9.70 Å². The molecule has 0 aliphatic rings. The Morgan fingerprint density at radius 2 is 1.76 bits per heavy atom. The quantitative estimate of drug-likeness (QED) is 0.599. The van der Waals surface area contributed by atoms with Crippen LogP contribution in [0.5, 0.6) is 0 Å². The van der Waals surface area contributed by atoms with Crippen LogP contribution >= 0.6 is 34.8 Å². The molecule has 0 bridgehead atoms. The smallest absolute Gasteiger partial charge is 0.272 e. The molecule has 0 aromatic rings. The summed E-state index contributed by atoms with van der Waals surface area (Å²) in [6.07, 6.45) is 6.07. The second-order valence-electron chi connectivity index (χ2n) is 4.08. The average Bonchev–Trinajstić information content (AvgIpc) is 2.15. The minimum absolute atomic E-state index is 0.382. The molecule has 0 atom stereocenters. The van der Waals surface area contributed by atoms with Crippen molar-refractivity contribution in [3.63, 3.8) is 0 Å². The lowest BCUT2D eigenvalue weighted by molar-refractivity contribution is -0.120. The zero-order chi connectivity index (χ0) is 13.5. The second kappa shape index (κ2) is 8.02. The summed E-state index contributed by atoms with van der Waals surface area (Å²) in [5.74, 6) is -0.601. The van der Waals surface area contributed by atoms with E-state index in [4.69, 9.17) is 34.8 Å². The topological polar surface area (TPSA) is 29.1 Å². The summed E-state index contributed by atoms with van der Waals surface area (Å²) >= 11 is 16.2. The summed E-state index contributed by atoms with van der Waals surface area (Å²) in [6.45, 7) is 6.54. The van der Waals surface area contributed by atoms with Gasteiger partial charge in [0.15, 0.2) is 0 Å². The molecular formula is C12H18Cl3NO. The molecule has 0 rings (SSSR count). The molecule has 0 unspecified atom stereocenters. The lowest BCUT2D eigenvalue weighted by Gasteiger charge is -2.09. The Labute approximate surface area is 118 Å². The van der Waals surface area contributed by atoms with Crippen LogP contribution in [0, 0.1) is 0 Å². The molecule has 0 aromatic carbocycles.